The second-order valence-corrected chi connectivity index (χ2v) is 5.13. The summed E-state index contributed by atoms with van der Waals surface area (Å²) in [5, 5.41) is 3.80. The third kappa shape index (κ3) is 3.00. The number of carbonyl (C=O) groups excluding carboxylic acids is 1. The summed E-state index contributed by atoms with van der Waals surface area (Å²) in [6, 6.07) is 0. The summed E-state index contributed by atoms with van der Waals surface area (Å²) >= 11 is 0. The maximum Gasteiger partial charge on any atom is 0.312 e. The molecular weight excluding hydrogens is 251 g/mol. The fourth-order valence-corrected chi connectivity index (χ4v) is 2.01. The van der Waals surface area contributed by atoms with E-state index in [1.54, 1.807) is 6.08 Å². The van der Waals surface area contributed by atoms with E-state index in [2.05, 4.69) is 14.9 Å². The summed E-state index contributed by atoms with van der Waals surface area (Å²) < 4.78 is 23.2. The minimum atomic E-state index is -1.64. The molecule has 2 unspecified atom stereocenters. The highest BCUT2D eigenvalue weighted by molar-refractivity contribution is 5.74. The van der Waals surface area contributed by atoms with Crippen molar-refractivity contribution in [2.75, 3.05) is 7.11 Å². The molecule has 0 saturated heterocycles. The summed E-state index contributed by atoms with van der Waals surface area (Å²) in [6.45, 7) is 2.74. The Labute approximate surface area is 110 Å². The Morgan fingerprint density at radius 3 is 2.68 bits per heavy atom. The molecule has 0 fully saturated rings. The van der Waals surface area contributed by atoms with Crippen LogP contribution in [0, 0.1) is 5.92 Å². The number of alkyl halides is 1. The Kier molecular flexibility index (Phi) is 3.68. The molecule has 6 heteroatoms. The van der Waals surface area contributed by atoms with Crippen molar-refractivity contribution in [3.63, 3.8) is 0 Å². The van der Waals surface area contributed by atoms with Gasteiger partial charge in [-0.1, -0.05) is 17.3 Å². The zero-order chi connectivity index (χ0) is 14.0. The Bertz CT molecular complexity index is 490. The number of halogens is 1. The Balaban J connectivity index is 2.09. The first kappa shape index (κ1) is 13.7. The molecule has 19 heavy (non-hydrogen) atoms. The molecular formula is C13H17FN2O3. The molecule has 2 rings (SSSR count). The predicted molar refractivity (Wildman–Crippen MR) is 65.1 cm³/mol. The lowest BCUT2D eigenvalue weighted by Crippen LogP contribution is -2.18. The maximum atomic E-state index is 13.6. The fourth-order valence-electron chi connectivity index (χ4n) is 2.01. The molecule has 1 aliphatic rings. The molecule has 1 aromatic heterocycles. The molecule has 0 spiro atoms. The van der Waals surface area contributed by atoms with Gasteiger partial charge in [-0.2, -0.15) is 4.98 Å². The van der Waals surface area contributed by atoms with Crippen molar-refractivity contribution in [2.45, 2.75) is 38.3 Å². The Morgan fingerprint density at radius 1 is 1.47 bits per heavy atom. The number of methoxy groups -OCH3 is 1. The summed E-state index contributed by atoms with van der Waals surface area (Å²) in [5.41, 5.74) is -1.64. The van der Waals surface area contributed by atoms with Crippen LogP contribution in [0.1, 0.15) is 44.3 Å². The van der Waals surface area contributed by atoms with Gasteiger partial charge in [0, 0.05) is 5.92 Å². The highest BCUT2D eigenvalue weighted by Crippen LogP contribution is 2.31. The number of nitrogens with zero attached hydrogens (tertiary/aromatic N) is 2. The molecule has 0 bridgehead atoms. The van der Waals surface area contributed by atoms with Crippen LogP contribution in [0.15, 0.2) is 16.7 Å². The number of carbonyl (C=O) groups is 1. The van der Waals surface area contributed by atoms with Gasteiger partial charge in [-0.05, 0) is 26.7 Å². The summed E-state index contributed by atoms with van der Waals surface area (Å²) in [5.74, 6) is -0.0642. The van der Waals surface area contributed by atoms with Crippen molar-refractivity contribution in [1.29, 1.82) is 0 Å². The molecule has 0 aromatic carbocycles. The number of hydrogen-bond acceptors (Lipinski definition) is 5. The van der Waals surface area contributed by atoms with Gasteiger partial charge in [0.15, 0.2) is 11.5 Å². The Morgan fingerprint density at radius 2 is 2.21 bits per heavy atom. The SMILES string of the molecule is COC(=O)C1C=CC(c2noc(C(C)(C)F)n2)CC1. The number of ether oxygens (including phenoxy) is 1. The van der Waals surface area contributed by atoms with E-state index in [0.29, 0.717) is 18.7 Å². The number of allylic oxidation sites excluding steroid dienone is 1. The van der Waals surface area contributed by atoms with Gasteiger partial charge in [0.25, 0.3) is 5.89 Å². The molecule has 1 aromatic rings. The highest BCUT2D eigenvalue weighted by Gasteiger charge is 2.30. The van der Waals surface area contributed by atoms with Crippen molar-refractivity contribution < 1.29 is 18.4 Å². The molecule has 5 nitrogen and oxygen atoms in total. The number of esters is 1. The lowest BCUT2D eigenvalue weighted by Gasteiger charge is -2.18. The van der Waals surface area contributed by atoms with E-state index >= 15 is 0 Å². The van der Waals surface area contributed by atoms with Crippen molar-refractivity contribution in [1.82, 2.24) is 10.1 Å². The molecule has 0 radical (unpaired) electrons. The van der Waals surface area contributed by atoms with Crippen LogP contribution in [0.4, 0.5) is 4.39 Å². The van der Waals surface area contributed by atoms with Gasteiger partial charge < -0.3 is 9.26 Å². The van der Waals surface area contributed by atoms with Crippen LogP contribution < -0.4 is 0 Å². The largest absolute Gasteiger partial charge is 0.469 e. The molecule has 104 valence electrons. The van der Waals surface area contributed by atoms with Gasteiger partial charge >= 0.3 is 5.97 Å². The topological polar surface area (TPSA) is 65.2 Å². The number of aromatic nitrogens is 2. The highest BCUT2D eigenvalue weighted by atomic mass is 19.1. The van der Waals surface area contributed by atoms with Crippen molar-refractivity contribution in [2.24, 2.45) is 5.92 Å². The minimum Gasteiger partial charge on any atom is -0.469 e. The van der Waals surface area contributed by atoms with Gasteiger partial charge in [0.05, 0.1) is 13.0 Å². The van der Waals surface area contributed by atoms with Crippen molar-refractivity contribution in [3.05, 3.63) is 23.9 Å². The first-order chi connectivity index (χ1) is 8.91. The lowest BCUT2D eigenvalue weighted by atomic mass is 9.88. The quantitative estimate of drug-likeness (QED) is 0.622. The van der Waals surface area contributed by atoms with Gasteiger partial charge in [-0.25, -0.2) is 4.39 Å². The van der Waals surface area contributed by atoms with Gasteiger partial charge in [-0.15, -0.1) is 0 Å². The molecule has 0 aliphatic heterocycles. The standard InChI is InChI=1S/C13H17FN2O3/c1-13(2,14)12-15-10(16-19-12)8-4-6-9(7-5-8)11(17)18-3/h4,6,8-9H,5,7H2,1-3H3. The average Bonchev–Trinajstić information content (AvgIpc) is 2.87. The predicted octanol–water partition coefficient (Wildman–Crippen LogP) is 2.50. The van der Waals surface area contributed by atoms with Crippen LogP contribution >= 0.6 is 0 Å². The van der Waals surface area contributed by atoms with Crippen LogP contribution in [-0.4, -0.2) is 23.2 Å². The van der Waals surface area contributed by atoms with E-state index in [-0.39, 0.29) is 23.7 Å². The minimum absolute atomic E-state index is 0.0222. The second-order valence-electron chi connectivity index (χ2n) is 5.13. The zero-order valence-electron chi connectivity index (χ0n) is 11.2. The number of rotatable bonds is 3. The van der Waals surface area contributed by atoms with Gasteiger partial charge in [0.1, 0.15) is 0 Å². The van der Waals surface area contributed by atoms with E-state index in [0.717, 1.165) is 0 Å². The second kappa shape index (κ2) is 5.11. The number of hydrogen-bond donors (Lipinski definition) is 0. The van der Waals surface area contributed by atoms with Crippen molar-refractivity contribution in [3.8, 4) is 0 Å². The normalized spacial score (nSPS) is 23.4. The maximum absolute atomic E-state index is 13.6. The Hall–Kier alpha value is -1.72. The van der Waals surface area contributed by atoms with Gasteiger partial charge in [0.2, 0.25) is 0 Å². The van der Waals surface area contributed by atoms with E-state index < -0.39 is 5.67 Å². The summed E-state index contributed by atoms with van der Waals surface area (Å²) in [7, 11) is 1.37. The van der Waals surface area contributed by atoms with Crippen LogP contribution in [0.25, 0.3) is 0 Å². The van der Waals surface area contributed by atoms with Crippen LogP contribution in [-0.2, 0) is 15.2 Å². The van der Waals surface area contributed by atoms with E-state index in [9.17, 15) is 9.18 Å². The van der Waals surface area contributed by atoms with E-state index in [1.165, 1.54) is 21.0 Å². The van der Waals surface area contributed by atoms with E-state index in [1.807, 2.05) is 6.08 Å². The third-order valence-corrected chi connectivity index (χ3v) is 3.15. The molecule has 1 heterocycles. The molecule has 2 atom stereocenters. The first-order valence-corrected chi connectivity index (χ1v) is 6.21. The van der Waals surface area contributed by atoms with E-state index in [4.69, 9.17) is 4.52 Å². The molecule has 0 amide bonds. The fraction of sp³-hybridized carbons (Fsp3) is 0.615. The zero-order valence-corrected chi connectivity index (χ0v) is 11.2. The molecule has 1 aliphatic carbocycles. The van der Waals surface area contributed by atoms with Crippen LogP contribution in [0.5, 0.6) is 0 Å². The van der Waals surface area contributed by atoms with Crippen LogP contribution in [0.2, 0.25) is 0 Å². The summed E-state index contributed by atoms with van der Waals surface area (Å²) in [4.78, 5) is 15.4. The average molecular weight is 268 g/mol. The van der Waals surface area contributed by atoms with Crippen molar-refractivity contribution >= 4 is 5.97 Å². The monoisotopic (exact) mass is 268 g/mol. The summed E-state index contributed by atoms with van der Waals surface area (Å²) in [6.07, 6.45) is 5.01. The first-order valence-electron chi connectivity index (χ1n) is 6.21. The third-order valence-electron chi connectivity index (χ3n) is 3.15. The smallest absolute Gasteiger partial charge is 0.312 e. The van der Waals surface area contributed by atoms with Crippen LogP contribution in [0.3, 0.4) is 0 Å². The molecule has 0 saturated carbocycles. The van der Waals surface area contributed by atoms with Gasteiger partial charge in [-0.3, -0.25) is 4.79 Å². The lowest BCUT2D eigenvalue weighted by molar-refractivity contribution is -0.144. The molecule has 0 N–H and O–H groups in total.